The Kier molecular flexibility index (Phi) is 4.35. The fraction of sp³-hybridized carbons (Fsp3) is 0.286. The lowest BCUT2D eigenvalue weighted by Crippen LogP contribution is -2.31. The molecular formula is C14H16ClN3O. The van der Waals surface area contributed by atoms with Crippen LogP contribution in [-0.2, 0) is 0 Å². The number of amides is 1. The lowest BCUT2D eigenvalue weighted by atomic mass is 10.1. The molecule has 1 N–H and O–H groups in total. The summed E-state index contributed by atoms with van der Waals surface area (Å²) in [5.41, 5.74) is 1.38. The third-order valence-corrected chi connectivity index (χ3v) is 2.99. The molecule has 0 radical (unpaired) electrons. The molecule has 0 saturated carbocycles. The number of nitrogens with zero attached hydrogens (tertiary/aromatic N) is 2. The van der Waals surface area contributed by atoms with E-state index in [1.54, 1.807) is 24.4 Å². The Hall–Kier alpha value is -1.65. The predicted octanol–water partition coefficient (Wildman–Crippen LogP) is 2.18. The van der Waals surface area contributed by atoms with Gasteiger partial charge in [-0.2, -0.15) is 0 Å². The van der Waals surface area contributed by atoms with Crippen LogP contribution in [0.5, 0.6) is 0 Å². The minimum Gasteiger partial charge on any atom is -0.351 e. The number of likely N-dealkylation sites (N-methyl/N-ethyl adjacent to an activating group) is 1. The first kappa shape index (κ1) is 13.8. The summed E-state index contributed by atoms with van der Waals surface area (Å²) in [7, 11) is 3.93. The van der Waals surface area contributed by atoms with Gasteiger partial charge in [-0.05, 0) is 38.4 Å². The zero-order chi connectivity index (χ0) is 13.8. The second-order valence-corrected chi connectivity index (χ2v) is 5.06. The van der Waals surface area contributed by atoms with Crippen molar-refractivity contribution in [2.24, 2.45) is 0 Å². The number of nitrogens with one attached hydrogen (secondary N) is 1. The zero-order valence-corrected chi connectivity index (χ0v) is 11.7. The Labute approximate surface area is 117 Å². The molecule has 0 saturated heterocycles. The average molecular weight is 278 g/mol. The number of carbonyl (C=O) groups is 1. The summed E-state index contributed by atoms with van der Waals surface area (Å²) in [6.45, 7) is 1.41. The third kappa shape index (κ3) is 3.66. The highest BCUT2D eigenvalue weighted by atomic mass is 35.5. The molecule has 0 spiro atoms. The van der Waals surface area contributed by atoms with E-state index in [0.29, 0.717) is 17.1 Å². The molecular weight excluding hydrogens is 262 g/mol. The van der Waals surface area contributed by atoms with Gasteiger partial charge in [-0.1, -0.05) is 11.6 Å². The second-order valence-electron chi connectivity index (χ2n) is 4.62. The first-order valence-electron chi connectivity index (χ1n) is 6.04. The van der Waals surface area contributed by atoms with E-state index < -0.39 is 0 Å². The first-order chi connectivity index (χ1) is 9.06. The summed E-state index contributed by atoms with van der Waals surface area (Å²) in [4.78, 5) is 18.2. The van der Waals surface area contributed by atoms with Crippen LogP contribution in [0.25, 0.3) is 10.9 Å². The van der Waals surface area contributed by atoms with Crippen molar-refractivity contribution in [1.29, 1.82) is 0 Å². The lowest BCUT2D eigenvalue weighted by molar-refractivity contribution is 0.0951. The fourth-order valence-electron chi connectivity index (χ4n) is 1.72. The summed E-state index contributed by atoms with van der Waals surface area (Å²) in [5, 5.41) is 4.36. The fourth-order valence-corrected chi connectivity index (χ4v) is 1.90. The van der Waals surface area contributed by atoms with E-state index in [-0.39, 0.29) is 5.91 Å². The maximum absolute atomic E-state index is 12.0. The van der Waals surface area contributed by atoms with Crippen molar-refractivity contribution in [2.75, 3.05) is 27.2 Å². The molecule has 5 heteroatoms. The Morgan fingerprint density at radius 1 is 1.37 bits per heavy atom. The van der Waals surface area contributed by atoms with Gasteiger partial charge >= 0.3 is 0 Å². The first-order valence-corrected chi connectivity index (χ1v) is 6.42. The van der Waals surface area contributed by atoms with E-state index in [1.807, 2.05) is 25.1 Å². The number of hydrogen-bond donors (Lipinski definition) is 1. The molecule has 1 aromatic carbocycles. The summed E-state index contributed by atoms with van der Waals surface area (Å²) in [5.74, 6) is -0.115. The van der Waals surface area contributed by atoms with Gasteiger partial charge in [0.1, 0.15) is 0 Å². The van der Waals surface area contributed by atoms with Crippen LogP contribution in [0.15, 0.2) is 30.5 Å². The molecule has 4 nitrogen and oxygen atoms in total. The van der Waals surface area contributed by atoms with Crippen molar-refractivity contribution in [3.8, 4) is 0 Å². The van der Waals surface area contributed by atoms with Crippen molar-refractivity contribution in [3.63, 3.8) is 0 Å². The molecule has 0 bridgehead atoms. The molecule has 1 heterocycles. The van der Waals surface area contributed by atoms with Gasteiger partial charge in [0.15, 0.2) is 0 Å². The molecule has 1 amide bonds. The van der Waals surface area contributed by atoms with Gasteiger partial charge < -0.3 is 10.2 Å². The van der Waals surface area contributed by atoms with Crippen LogP contribution >= 0.6 is 11.6 Å². The van der Waals surface area contributed by atoms with Gasteiger partial charge in [0, 0.05) is 29.7 Å². The smallest absolute Gasteiger partial charge is 0.252 e. The molecule has 0 unspecified atom stereocenters. The molecule has 1 aromatic heterocycles. The van der Waals surface area contributed by atoms with Gasteiger partial charge in [0.25, 0.3) is 5.91 Å². The van der Waals surface area contributed by atoms with Crippen LogP contribution in [0.2, 0.25) is 5.02 Å². The number of fused-ring (bicyclic) bond motifs is 1. The average Bonchev–Trinajstić information content (AvgIpc) is 2.37. The van der Waals surface area contributed by atoms with Gasteiger partial charge in [0.05, 0.1) is 11.1 Å². The van der Waals surface area contributed by atoms with Gasteiger partial charge in [-0.15, -0.1) is 0 Å². The SMILES string of the molecule is CN(C)CCNC(=O)c1cnc2ccc(Cl)cc2c1. The van der Waals surface area contributed by atoms with E-state index in [0.717, 1.165) is 17.4 Å². The van der Waals surface area contributed by atoms with Crippen molar-refractivity contribution in [3.05, 3.63) is 41.0 Å². The molecule has 0 aliphatic carbocycles. The Morgan fingerprint density at radius 2 is 2.16 bits per heavy atom. The van der Waals surface area contributed by atoms with Crippen LogP contribution in [0.1, 0.15) is 10.4 Å². The topological polar surface area (TPSA) is 45.2 Å². The minimum atomic E-state index is -0.115. The maximum atomic E-state index is 12.0. The highest BCUT2D eigenvalue weighted by molar-refractivity contribution is 6.31. The number of halogens is 1. The van der Waals surface area contributed by atoms with Gasteiger partial charge in [-0.25, -0.2) is 0 Å². The quantitative estimate of drug-likeness (QED) is 0.932. The van der Waals surface area contributed by atoms with Crippen molar-refractivity contribution >= 4 is 28.4 Å². The molecule has 100 valence electrons. The van der Waals surface area contributed by atoms with Crippen LogP contribution in [0, 0.1) is 0 Å². The predicted molar refractivity (Wildman–Crippen MR) is 77.6 cm³/mol. The minimum absolute atomic E-state index is 0.115. The molecule has 2 rings (SSSR count). The lowest BCUT2D eigenvalue weighted by Gasteiger charge is -2.10. The number of pyridine rings is 1. The van der Waals surface area contributed by atoms with Crippen LogP contribution < -0.4 is 5.32 Å². The summed E-state index contributed by atoms with van der Waals surface area (Å²) < 4.78 is 0. The van der Waals surface area contributed by atoms with Crippen LogP contribution in [0.4, 0.5) is 0 Å². The molecule has 0 fully saturated rings. The standard InChI is InChI=1S/C14H16ClN3O/c1-18(2)6-5-16-14(19)11-7-10-8-12(15)3-4-13(10)17-9-11/h3-4,7-9H,5-6H2,1-2H3,(H,16,19). The molecule has 0 aliphatic heterocycles. The second kappa shape index (κ2) is 5.99. The largest absolute Gasteiger partial charge is 0.351 e. The number of carbonyl (C=O) groups excluding carboxylic acids is 1. The molecule has 2 aromatic rings. The van der Waals surface area contributed by atoms with Crippen molar-refractivity contribution < 1.29 is 4.79 Å². The third-order valence-electron chi connectivity index (χ3n) is 2.75. The van der Waals surface area contributed by atoms with E-state index in [9.17, 15) is 4.79 Å². The number of rotatable bonds is 4. The Balaban J connectivity index is 2.13. The molecule has 19 heavy (non-hydrogen) atoms. The summed E-state index contributed by atoms with van der Waals surface area (Å²) in [6, 6.07) is 7.23. The summed E-state index contributed by atoms with van der Waals surface area (Å²) in [6.07, 6.45) is 1.58. The monoisotopic (exact) mass is 277 g/mol. The normalized spacial score (nSPS) is 10.9. The van der Waals surface area contributed by atoms with Gasteiger partial charge in [0.2, 0.25) is 0 Å². The highest BCUT2D eigenvalue weighted by Crippen LogP contribution is 2.18. The van der Waals surface area contributed by atoms with E-state index in [1.165, 1.54) is 0 Å². The van der Waals surface area contributed by atoms with Gasteiger partial charge in [-0.3, -0.25) is 9.78 Å². The van der Waals surface area contributed by atoms with Crippen LogP contribution in [0.3, 0.4) is 0 Å². The van der Waals surface area contributed by atoms with E-state index >= 15 is 0 Å². The van der Waals surface area contributed by atoms with E-state index in [4.69, 9.17) is 11.6 Å². The molecule has 0 aliphatic rings. The van der Waals surface area contributed by atoms with Crippen molar-refractivity contribution in [1.82, 2.24) is 15.2 Å². The highest BCUT2D eigenvalue weighted by Gasteiger charge is 2.07. The Morgan fingerprint density at radius 3 is 2.89 bits per heavy atom. The zero-order valence-electron chi connectivity index (χ0n) is 11.0. The van der Waals surface area contributed by atoms with E-state index in [2.05, 4.69) is 10.3 Å². The number of aromatic nitrogens is 1. The van der Waals surface area contributed by atoms with Crippen molar-refractivity contribution in [2.45, 2.75) is 0 Å². The number of hydrogen-bond acceptors (Lipinski definition) is 3. The van der Waals surface area contributed by atoms with Crippen LogP contribution in [-0.4, -0.2) is 43.0 Å². The molecule has 0 atom stereocenters. The Bertz CT molecular complexity index is 598. The maximum Gasteiger partial charge on any atom is 0.252 e. The summed E-state index contributed by atoms with van der Waals surface area (Å²) >= 11 is 5.94. The number of benzene rings is 1.